The minimum absolute atomic E-state index is 0.0822. The fraction of sp³-hybridized carbons (Fsp3) is 0.318. The van der Waals surface area contributed by atoms with Gasteiger partial charge in [-0.25, -0.2) is 17.8 Å². The Morgan fingerprint density at radius 1 is 1.17 bits per heavy atom. The van der Waals surface area contributed by atoms with Gasteiger partial charge in [-0.2, -0.15) is 0 Å². The summed E-state index contributed by atoms with van der Waals surface area (Å²) in [6, 6.07) is 9.80. The average Bonchev–Trinajstić information content (AvgIpc) is 3.22. The van der Waals surface area contributed by atoms with Crippen LogP contribution in [0.25, 0.3) is 11.3 Å². The van der Waals surface area contributed by atoms with E-state index in [2.05, 4.69) is 36.3 Å². The molecule has 1 fully saturated rings. The Balaban J connectivity index is 1.48. The van der Waals surface area contributed by atoms with Crippen LogP contribution >= 0.6 is 22.9 Å². The Bertz CT molecular complexity index is 1190. The largest absolute Gasteiger partial charge is 0.348 e. The van der Waals surface area contributed by atoms with Crippen molar-refractivity contribution < 1.29 is 12.8 Å². The molecule has 2 aromatic carbocycles. The molecule has 1 aliphatic rings. The Hall–Kier alpha value is -1.96. The number of benzene rings is 2. The summed E-state index contributed by atoms with van der Waals surface area (Å²) in [6.45, 7) is 5.41. The molecule has 0 saturated carbocycles. The molecule has 3 aromatic rings. The van der Waals surface area contributed by atoms with Crippen molar-refractivity contribution in [1.29, 1.82) is 0 Å². The molecule has 1 aromatic heterocycles. The van der Waals surface area contributed by atoms with E-state index in [0.717, 1.165) is 22.5 Å². The van der Waals surface area contributed by atoms with Gasteiger partial charge >= 0.3 is 0 Å². The van der Waals surface area contributed by atoms with Gasteiger partial charge in [-0.15, -0.1) is 11.3 Å². The van der Waals surface area contributed by atoms with Gasteiger partial charge in [0.25, 0.3) is 0 Å². The molecule has 8 heteroatoms. The zero-order valence-electron chi connectivity index (χ0n) is 16.7. The summed E-state index contributed by atoms with van der Waals surface area (Å²) in [7, 11) is -3.55. The summed E-state index contributed by atoms with van der Waals surface area (Å²) in [5, 5.41) is 2.29. The normalized spacial score (nSPS) is 15.5. The predicted octanol–water partition coefficient (Wildman–Crippen LogP) is 5.66. The van der Waals surface area contributed by atoms with E-state index in [9.17, 15) is 12.8 Å². The van der Waals surface area contributed by atoms with Gasteiger partial charge in [0.15, 0.2) is 15.0 Å². The lowest BCUT2D eigenvalue weighted by Gasteiger charge is -2.31. The van der Waals surface area contributed by atoms with Crippen molar-refractivity contribution in [2.75, 3.05) is 18.0 Å². The van der Waals surface area contributed by atoms with Crippen LogP contribution < -0.4 is 4.90 Å². The first-order chi connectivity index (χ1) is 14.3. The summed E-state index contributed by atoms with van der Waals surface area (Å²) >= 11 is 7.36. The first kappa shape index (κ1) is 21.3. The van der Waals surface area contributed by atoms with Gasteiger partial charge in [-0.3, -0.25) is 0 Å². The highest BCUT2D eigenvalue weighted by atomic mass is 35.5. The summed E-state index contributed by atoms with van der Waals surface area (Å²) < 4.78 is 39.3. The average molecular weight is 465 g/mol. The number of aromatic nitrogens is 1. The molecule has 1 saturated heterocycles. The van der Waals surface area contributed by atoms with Gasteiger partial charge in [-0.05, 0) is 56.0 Å². The number of piperidine rings is 1. The molecular weight excluding hydrogens is 443 g/mol. The van der Waals surface area contributed by atoms with Crippen LogP contribution in [0.2, 0.25) is 5.02 Å². The number of aryl methyl sites for hydroxylation is 1. The number of rotatable bonds is 4. The van der Waals surface area contributed by atoms with Crippen LogP contribution in [-0.2, 0) is 9.84 Å². The van der Waals surface area contributed by atoms with E-state index in [4.69, 9.17) is 16.6 Å². The lowest BCUT2D eigenvalue weighted by atomic mass is 10.0. The quantitative estimate of drug-likeness (QED) is 0.467. The predicted molar refractivity (Wildman–Crippen MR) is 121 cm³/mol. The highest BCUT2D eigenvalue weighted by Crippen LogP contribution is 2.33. The van der Waals surface area contributed by atoms with Crippen LogP contribution in [0.5, 0.6) is 0 Å². The summed E-state index contributed by atoms with van der Waals surface area (Å²) in [5.41, 5.74) is 4.53. The number of hydrogen-bond acceptors (Lipinski definition) is 5. The highest BCUT2D eigenvalue weighted by molar-refractivity contribution is 7.92. The van der Waals surface area contributed by atoms with Crippen molar-refractivity contribution in [3.05, 3.63) is 63.7 Å². The maximum Gasteiger partial charge on any atom is 0.185 e. The van der Waals surface area contributed by atoms with Gasteiger partial charge in [0, 0.05) is 24.0 Å². The first-order valence-corrected chi connectivity index (χ1v) is 12.5. The molecule has 4 rings (SSSR count). The number of halogens is 2. The monoisotopic (exact) mass is 464 g/mol. The fourth-order valence-corrected chi connectivity index (χ4v) is 6.65. The Labute approximate surface area is 185 Å². The van der Waals surface area contributed by atoms with Gasteiger partial charge in [0.1, 0.15) is 5.82 Å². The van der Waals surface area contributed by atoms with E-state index in [-0.39, 0.29) is 9.92 Å². The SMILES string of the molecule is Cc1cccc(-c2csc(N3CCC(S(=O)(=O)c4ccc(F)c(Cl)c4)CC3)n2)c1C. The standard InChI is InChI=1S/C22H22ClFN2O2S2/c1-14-4-3-5-18(15(14)2)21-13-29-22(25-21)26-10-8-16(9-11-26)30(27,28)17-6-7-20(24)19(23)12-17/h3-7,12-13,16H,8-11H2,1-2H3. The van der Waals surface area contributed by atoms with Crippen LogP contribution in [0.3, 0.4) is 0 Å². The Morgan fingerprint density at radius 3 is 2.60 bits per heavy atom. The van der Waals surface area contributed by atoms with E-state index < -0.39 is 20.9 Å². The minimum Gasteiger partial charge on any atom is -0.348 e. The minimum atomic E-state index is -3.55. The van der Waals surface area contributed by atoms with E-state index in [1.807, 2.05) is 6.07 Å². The molecule has 0 amide bonds. The van der Waals surface area contributed by atoms with Gasteiger partial charge in [0.2, 0.25) is 0 Å². The van der Waals surface area contributed by atoms with Crippen LogP contribution in [0, 0.1) is 19.7 Å². The van der Waals surface area contributed by atoms with Crippen molar-refractivity contribution in [3.63, 3.8) is 0 Å². The summed E-state index contributed by atoms with van der Waals surface area (Å²) in [4.78, 5) is 7.03. The van der Waals surface area contributed by atoms with E-state index in [1.165, 1.54) is 23.3 Å². The Kier molecular flexibility index (Phi) is 5.88. The molecule has 0 atom stereocenters. The van der Waals surface area contributed by atoms with Crippen molar-refractivity contribution in [3.8, 4) is 11.3 Å². The molecule has 4 nitrogen and oxygen atoms in total. The molecule has 30 heavy (non-hydrogen) atoms. The summed E-state index contributed by atoms with van der Waals surface area (Å²) in [5.74, 6) is -0.617. The molecule has 0 spiro atoms. The number of nitrogens with zero attached hydrogens (tertiary/aromatic N) is 2. The maximum absolute atomic E-state index is 13.4. The maximum atomic E-state index is 13.4. The van der Waals surface area contributed by atoms with Crippen LogP contribution in [0.1, 0.15) is 24.0 Å². The zero-order chi connectivity index (χ0) is 21.5. The molecule has 1 aliphatic heterocycles. The second-order valence-corrected chi connectivity index (χ2v) is 11.0. The van der Waals surface area contributed by atoms with Crippen LogP contribution in [0.4, 0.5) is 9.52 Å². The second-order valence-electron chi connectivity index (χ2n) is 7.57. The zero-order valence-corrected chi connectivity index (χ0v) is 19.1. The lowest BCUT2D eigenvalue weighted by molar-refractivity contribution is 0.529. The molecule has 0 bridgehead atoms. The molecule has 0 radical (unpaired) electrons. The molecular formula is C22H22ClFN2O2S2. The third-order valence-electron chi connectivity index (χ3n) is 5.74. The molecule has 158 valence electrons. The third kappa shape index (κ3) is 3.98. The van der Waals surface area contributed by atoms with E-state index in [1.54, 1.807) is 11.3 Å². The Morgan fingerprint density at radius 2 is 1.90 bits per heavy atom. The van der Waals surface area contributed by atoms with Crippen molar-refractivity contribution in [1.82, 2.24) is 4.98 Å². The van der Waals surface area contributed by atoms with Gasteiger partial charge in [-0.1, -0.05) is 29.8 Å². The molecule has 2 heterocycles. The lowest BCUT2D eigenvalue weighted by Crippen LogP contribution is -2.39. The van der Waals surface area contributed by atoms with Gasteiger partial charge < -0.3 is 4.90 Å². The van der Waals surface area contributed by atoms with Crippen molar-refractivity contribution in [2.24, 2.45) is 0 Å². The smallest absolute Gasteiger partial charge is 0.185 e. The first-order valence-electron chi connectivity index (χ1n) is 9.73. The molecule has 0 N–H and O–H groups in total. The topological polar surface area (TPSA) is 50.3 Å². The van der Waals surface area contributed by atoms with Crippen molar-refractivity contribution >= 4 is 37.9 Å². The summed E-state index contributed by atoms with van der Waals surface area (Å²) in [6.07, 6.45) is 0.991. The van der Waals surface area contributed by atoms with E-state index in [0.29, 0.717) is 25.9 Å². The van der Waals surface area contributed by atoms with Gasteiger partial charge in [0.05, 0.1) is 20.9 Å². The van der Waals surface area contributed by atoms with E-state index >= 15 is 0 Å². The van der Waals surface area contributed by atoms with Crippen LogP contribution in [-0.4, -0.2) is 31.7 Å². The fourth-order valence-electron chi connectivity index (χ4n) is 3.77. The third-order valence-corrected chi connectivity index (χ3v) is 9.19. The van der Waals surface area contributed by atoms with Crippen LogP contribution in [0.15, 0.2) is 46.7 Å². The second kappa shape index (κ2) is 8.29. The number of thiazole rings is 1. The number of anilines is 1. The highest BCUT2D eigenvalue weighted by Gasteiger charge is 2.32. The number of sulfone groups is 1. The number of hydrogen-bond donors (Lipinski definition) is 0. The molecule has 0 unspecified atom stereocenters. The molecule has 0 aliphatic carbocycles. The van der Waals surface area contributed by atoms with Crippen molar-refractivity contribution in [2.45, 2.75) is 36.8 Å².